The van der Waals surface area contributed by atoms with Crippen LogP contribution in [-0.2, 0) is 0 Å². The molecule has 0 nitrogen and oxygen atoms in total. The zero-order valence-electron chi connectivity index (χ0n) is 3.17. The number of rotatable bonds is 0. The predicted octanol–water partition coefficient (Wildman–Crippen LogP) is 1.75. The highest BCUT2D eigenvalue weighted by atomic mass is 35.5. The third-order valence-electron chi connectivity index (χ3n) is 1.67. The van der Waals surface area contributed by atoms with Crippen LogP contribution in [0.5, 0.6) is 0 Å². The van der Waals surface area contributed by atoms with Crippen molar-refractivity contribution in [2.75, 3.05) is 0 Å². The minimum atomic E-state index is 0.0918. The van der Waals surface area contributed by atoms with E-state index in [0.717, 1.165) is 12.8 Å². The number of hydrogen-bond donors (Lipinski definition) is 0. The molecule has 2 fully saturated rings. The van der Waals surface area contributed by atoms with Gasteiger partial charge in [0.15, 0.2) is 0 Å². The second-order valence-electron chi connectivity index (χ2n) is 2.28. The van der Waals surface area contributed by atoms with Crippen molar-refractivity contribution in [2.45, 2.75) is 22.6 Å². The lowest BCUT2D eigenvalue weighted by atomic mass is 10.4. The van der Waals surface area contributed by atoms with Crippen molar-refractivity contribution < 1.29 is 0 Å². The Morgan fingerprint density at radius 3 is 1.17 bits per heavy atom. The minimum Gasteiger partial charge on any atom is -0.117 e. The van der Waals surface area contributed by atoms with E-state index in [1.807, 2.05) is 0 Å². The SMILES string of the molecule is ClC12CC1(Cl)C2. The standard InChI is InChI=1S/C4H4Cl2/c5-3-1-4(3,6)2-3/h1-2H2. The second kappa shape index (κ2) is 0.551. The largest absolute Gasteiger partial charge is 0.117 e. The maximum absolute atomic E-state index is 5.72. The average molecular weight is 123 g/mol. The zero-order chi connectivity index (χ0) is 4.41. The molecule has 2 heteroatoms. The van der Waals surface area contributed by atoms with Gasteiger partial charge in [0.05, 0.1) is 9.75 Å². The molecule has 0 atom stereocenters. The number of halogens is 2. The molecule has 0 amide bonds. The molecule has 34 valence electrons. The van der Waals surface area contributed by atoms with Crippen LogP contribution in [0.1, 0.15) is 12.8 Å². The predicted molar refractivity (Wildman–Crippen MR) is 26.4 cm³/mol. The van der Waals surface area contributed by atoms with E-state index in [1.165, 1.54) is 0 Å². The summed E-state index contributed by atoms with van der Waals surface area (Å²) in [5.41, 5.74) is 0. The maximum atomic E-state index is 5.72. The molecule has 0 saturated heterocycles. The van der Waals surface area contributed by atoms with Gasteiger partial charge in [-0.15, -0.1) is 23.2 Å². The van der Waals surface area contributed by atoms with Crippen molar-refractivity contribution in [3.8, 4) is 0 Å². The lowest BCUT2D eigenvalue weighted by Gasteiger charge is -1.78. The Morgan fingerprint density at radius 1 is 1.00 bits per heavy atom. The van der Waals surface area contributed by atoms with Crippen LogP contribution in [0.25, 0.3) is 0 Å². The Morgan fingerprint density at radius 2 is 1.17 bits per heavy atom. The topological polar surface area (TPSA) is 0 Å². The maximum Gasteiger partial charge on any atom is 0.0674 e. The van der Waals surface area contributed by atoms with Gasteiger partial charge in [-0.1, -0.05) is 0 Å². The van der Waals surface area contributed by atoms with Gasteiger partial charge in [-0.05, 0) is 12.8 Å². The van der Waals surface area contributed by atoms with Crippen LogP contribution < -0.4 is 0 Å². The molecule has 2 saturated carbocycles. The van der Waals surface area contributed by atoms with E-state index >= 15 is 0 Å². The summed E-state index contributed by atoms with van der Waals surface area (Å²) in [4.78, 5) is 0.184. The minimum absolute atomic E-state index is 0.0918. The third-order valence-corrected chi connectivity index (χ3v) is 3.03. The first-order chi connectivity index (χ1) is 2.66. The van der Waals surface area contributed by atoms with Crippen LogP contribution in [0.2, 0.25) is 0 Å². The summed E-state index contributed by atoms with van der Waals surface area (Å²) in [6, 6.07) is 0. The van der Waals surface area contributed by atoms with Crippen LogP contribution in [0.4, 0.5) is 0 Å². The fourth-order valence-corrected chi connectivity index (χ4v) is 1.80. The second-order valence-corrected chi connectivity index (χ2v) is 3.73. The summed E-state index contributed by atoms with van der Waals surface area (Å²) >= 11 is 11.4. The molecule has 0 spiro atoms. The van der Waals surface area contributed by atoms with E-state index in [-0.39, 0.29) is 9.75 Å². The Kier molecular flexibility index (Phi) is 0.327. The number of hydrogen-bond acceptors (Lipinski definition) is 0. The van der Waals surface area contributed by atoms with Crippen molar-refractivity contribution >= 4 is 23.2 Å². The lowest BCUT2D eigenvalue weighted by molar-refractivity contribution is 0.951. The Labute approximate surface area is 46.4 Å². The van der Waals surface area contributed by atoms with Crippen LogP contribution in [0.15, 0.2) is 0 Å². The van der Waals surface area contributed by atoms with Crippen LogP contribution in [0, 0.1) is 0 Å². The van der Waals surface area contributed by atoms with E-state index in [4.69, 9.17) is 23.2 Å². The van der Waals surface area contributed by atoms with Gasteiger partial charge in [-0.25, -0.2) is 0 Å². The van der Waals surface area contributed by atoms with E-state index in [0.29, 0.717) is 0 Å². The van der Waals surface area contributed by atoms with Gasteiger partial charge >= 0.3 is 0 Å². The molecule has 0 bridgehead atoms. The van der Waals surface area contributed by atoms with Crippen molar-refractivity contribution in [2.24, 2.45) is 0 Å². The van der Waals surface area contributed by atoms with Crippen molar-refractivity contribution in [3.63, 3.8) is 0 Å². The fourth-order valence-electron chi connectivity index (χ4n) is 0.748. The molecular formula is C4H4Cl2. The highest BCUT2D eigenvalue weighted by Gasteiger charge is 2.82. The number of alkyl halides is 2. The Hall–Kier alpha value is 0.580. The van der Waals surface area contributed by atoms with E-state index in [2.05, 4.69) is 0 Å². The van der Waals surface area contributed by atoms with Gasteiger partial charge in [0, 0.05) is 0 Å². The molecule has 6 heavy (non-hydrogen) atoms. The van der Waals surface area contributed by atoms with Crippen molar-refractivity contribution in [1.82, 2.24) is 0 Å². The monoisotopic (exact) mass is 122 g/mol. The van der Waals surface area contributed by atoms with Gasteiger partial charge < -0.3 is 0 Å². The summed E-state index contributed by atoms with van der Waals surface area (Å²) < 4.78 is 0. The van der Waals surface area contributed by atoms with Crippen LogP contribution in [-0.4, -0.2) is 9.75 Å². The van der Waals surface area contributed by atoms with E-state index in [1.54, 1.807) is 0 Å². The average Bonchev–Trinajstić information content (AvgIpc) is 1.78. The normalized spacial score (nSPS) is 73.0. The molecule has 0 radical (unpaired) electrons. The van der Waals surface area contributed by atoms with Gasteiger partial charge in [-0.3, -0.25) is 0 Å². The van der Waals surface area contributed by atoms with E-state index in [9.17, 15) is 0 Å². The molecule has 0 N–H and O–H groups in total. The third kappa shape index (κ3) is 0.190. The first kappa shape index (κ1) is 3.57. The Balaban J connectivity index is 2.34. The Bertz CT molecular complexity index is 90.1. The first-order valence-corrected chi connectivity index (χ1v) is 2.80. The highest BCUT2D eigenvalue weighted by molar-refractivity contribution is 6.44. The molecular weight excluding hydrogens is 119 g/mol. The molecule has 0 aromatic heterocycles. The van der Waals surface area contributed by atoms with Gasteiger partial charge in [0.25, 0.3) is 0 Å². The van der Waals surface area contributed by atoms with Gasteiger partial charge in [0.2, 0.25) is 0 Å². The summed E-state index contributed by atoms with van der Waals surface area (Å²) in [6.07, 6.45) is 2.09. The van der Waals surface area contributed by atoms with Crippen molar-refractivity contribution in [1.29, 1.82) is 0 Å². The van der Waals surface area contributed by atoms with Crippen molar-refractivity contribution in [3.05, 3.63) is 0 Å². The zero-order valence-corrected chi connectivity index (χ0v) is 4.68. The summed E-state index contributed by atoms with van der Waals surface area (Å²) in [7, 11) is 0. The summed E-state index contributed by atoms with van der Waals surface area (Å²) in [5, 5.41) is 0. The molecule has 0 aliphatic heterocycles. The lowest BCUT2D eigenvalue weighted by Crippen LogP contribution is -1.74. The highest BCUT2D eigenvalue weighted by Crippen LogP contribution is 2.79. The van der Waals surface area contributed by atoms with Crippen LogP contribution >= 0.6 is 23.2 Å². The van der Waals surface area contributed by atoms with Gasteiger partial charge in [-0.2, -0.15) is 0 Å². The summed E-state index contributed by atoms with van der Waals surface area (Å²) in [6.45, 7) is 0. The quantitative estimate of drug-likeness (QED) is 0.430. The van der Waals surface area contributed by atoms with Crippen LogP contribution in [0.3, 0.4) is 0 Å². The molecule has 2 aliphatic carbocycles. The molecule has 0 heterocycles. The number of fused-ring (bicyclic) bond motifs is 1. The fraction of sp³-hybridized carbons (Fsp3) is 1.00. The molecule has 0 unspecified atom stereocenters. The molecule has 0 aromatic rings. The smallest absolute Gasteiger partial charge is 0.0674 e. The molecule has 2 aliphatic rings. The van der Waals surface area contributed by atoms with Gasteiger partial charge in [0.1, 0.15) is 0 Å². The molecule has 0 aromatic carbocycles. The summed E-state index contributed by atoms with van der Waals surface area (Å²) in [5.74, 6) is 0. The molecule has 2 rings (SSSR count). The van der Waals surface area contributed by atoms with E-state index < -0.39 is 0 Å². The first-order valence-electron chi connectivity index (χ1n) is 2.04.